The van der Waals surface area contributed by atoms with Crippen molar-refractivity contribution < 1.29 is 23.7 Å². The summed E-state index contributed by atoms with van der Waals surface area (Å²) in [5.41, 5.74) is -0.536. The molecule has 0 saturated heterocycles. The highest BCUT2D eigenvalue weighted by atomic mass is 19.1. The Hall–Kier alpha value is -3.32. The number of rotatable bonds is 13. The zero-order chi connectivity index (χ0) is 23.8. The van der Waals surface area contributed by atoms with Gasteiger partial charge in [-0.3, -0.25) is 9.36 Å². The zero-order valence-electron chi connectivity index (χ0n) is 19.0. The van der Waals surface area contributed by atoms with Crippen molar-refractivity contribution in [3.63, 3.8) is 0 Å². The highest BCUT2D eigenvalue weighted by molar-refractivity contribution is 5.58. The van der Waals surface area contributed by atoms with Gasteiger partial charge in [-0.15, -0.1) is 0 Å². The average Bonchev–Trinajstić information content (AvgIpc) is 2.72. The van der Waals surface area contributed by atoms with Crippen LogP contribution < -0.4 is 10.3 Å². The minimum atomic E-state index is -0.789. The number of nitrogens with zero attached hydrogens (tertiary/aromatic N) is 1. The van der Waals surface area contributed by atoms with Crippen LogP contribution >= 0.6 is 0 Å². The topological polar surface area (TPSA) is 69.9 Å². The lowest BCUT2D eigenvalue weighted by Crippen LogP contribution is -2.20. The number of ether oxygens (including phenoxy) is 3. The standard InChI is InChI=1S/C25H32FNO5/c1-5-9-21(26)10-6-7-17-32-23-12-15-27(24(28)20-23)22(13-18-30-4)11-8-16-31-19-14-25(2,3)29/h5-13,15-16,18,20,29H,14,17,19H2,1-4H3/b7-6+,9-5-,16-8+,18-13+,21-10+,22-11+. The fourth-order valence-electron chi connectivity index (χ4n) is 2.26. The van der Waals surface area contributed by atoms with E-state index in [4.69, 9.17) is 14.2 Å². The van der Waals surface area contributed by atoms with Gasteiger partial charge in [0.2, 0.25) is 0 Å². The van der Waals surface area contributed by atoms with Crippen molar-refractivity contribution in [2.24, 2.45) is 0 Å². The lowest BCUT2D eigenvalue weighted by atomic mass is 10.1. The minimum Gasteiger partial charge on any atom is -0.504 e. The fraction of sp³-hybridized carbons (Fsp3) is 0.320. The molecule has 0 spiro atoms. The van der Waals surface area contributed by atoms with Crippen LogP contribution in [0.1, 0.15) is 27.2 Å². The molecule has 174 valence electrons. The van der Waals surface area contributed by atoms with Gasteiger partial charge < -0.3 is 19.3 Å². The Balaban J connectivity index is 2.81. The first-order valence-electron chi connectivity index (χ1n) is 10.2. The largest absolute Gasteiger partial charge is 0.504 e. The van der Waals surface area contributed by atoms with Gasteiger partial charge in [0, 0.05) is 18.7 Å². The lowest BCUT2D eigenvalue weighted by molar-refractivity contribution is 0.0481. The third kappa shape index (κ3) is 11.8. The molecule has 6 nitrogen and oxygen atoms in total. The van der Waals surface area contributed by atoms with E-state index in [2.05, 4.69) is 0 Å². The SMILES string of the molecule is C\C=C/C(F)=C\C=C\COc1ccn(C(/C=C/OC)=C/C=C/OCCC(C)(C)O)c(=O)c1. The molecule has 0 saturated carbocycles. The number of halogens is 1. The molecule has 0 aliphatic carbocycles. The first-order valence-corrected chi connectivity index (χ1v) is 10.2. The summed E-state index contributed by atoms with van der Waals surface area (Å²) in [5.74, 6) is 0.0424. The molecular formula is C25H32FNO5. The number of hydrogen-bond donors (Lipinski definition) is 1. The van der Waals surface area contributed by atoms with E-state index in [9.17, 15) is 14.3 Å². The first kappa shape index (κ1) is 26.7. The van der Waals surface area contributed by atoms with E-state index in [1.165, 1.54) is 42.4 Å². The Morgan fingerprint density at radius 2 is 2.00 bits per heavy atom. The van der Waals surface area contributed by atoms with Crippen LogP contribution in [0.2, 0.25) is 0 Å². The summed E-state index contributed by atoms with van der Waals surface area (Å²) >= 11 is 0. The molecule has 1 rings (SSSR count). The molecule has 32 heavy (non-hydrogen) atoms. The summed E-state index contributed by atoms with van der Waals surface area (Å²) in [5, 5.41) is 9.67. The highest BCUT2D eigenvalue weighted by Gasteiger charge is 2.11. The minimum absolute atomic E-state index is 0.195. The highest BCUT2D eigenvalue weighted by Crippen LogP contribution is 2.11. The Bertz CT molecular complexity index is 930. The predicted octanol–water partition coefficient (Wildman–Crippen LogP) is 4.91. The Morgan fingerprint density at radius 3 is 2.66 bits per heavy atom. The Labute approximate surface area is 188 Å². The molecule has 0 fully saturated rings. The third-order valence-electron chi connectivity index (χ3n) is 3.88. The predicted molar refractivity (Wildman–Crippen MR) is 126 cm³/mol. The smallest absolute Gasteiger partial charge is 0.258 e. The van der Waals surface area contributed by atoms with E-state index in [1.807, 2.05) is 0 Å². The van der Waals surface area contributed by atoms with Crippen molar-refractivity contribution in [2.75, 3.05) is 20.3 Å². The van der Waals surface area contributed by atoms with Crippen LogP contribution in [0, 0.1) is 0 Å². The number of aliphatic hydroxyl groups is 1. The van der Waals surface area contributed by atoms with Gasteiger partial charge in [0.25, 0.3) is 5.56 Å². The van der Waals surface area contributed by atoms with Gasteiger partial charge in [-0.1, -0.05) is 12.2 Å². The van der Waals surface area contributed by atoms with Crippen molar-refractivity contribution >= 4 is 5.70 Å². The summed E-state index contributed by atoms with van der Waals surface area (Å²) in [6, 6.07) is 3.02. The lowest BCUT2D eigenvalue weighted by Gasteiger charge is -2.15. The molecule has 0 aliphatic heterocycles. The Kier molecular flexibility index (Phi) is 12.2. The maximum atomic E-state index is 13.2. The van der Waals surface area contributed by atoms with Gasteiger partial charge in [-0.25, -0.2) is 4.39 Å². The molecule has 0 bridgehead atoms. The van der Waals surface area contributed by atoms with Crippen molar-refractivity contribution in [3.8, 4) is 5.75 Å². The van der Waals surface area contributed by atoms with E-state index >= 15 is 0 Å². The molecule has 1 N–H and O–H groups in total. The Morgan fingerprint density at radius 1 is 1.22 bits per heavy atom. The zero-order valence-corrected chi connectivity index (χ0v) is 19.0. The first-order chi connectivity index (χ1) is 15.3. The number of allylic oxidation sites excluding steroid dienone is 9. The van der Waals surface area contributed by atoms with Crippen LogP contribution in [-0.2, 0) is 9.47 Å². The van der Waals surface area contributed by atoms with E-state index < -0.39 is 5.60 Å². The van der Waals surface area contributed by atoms with Crippen LogP contribution in [0.15, 0.2) is 90.1 Å². The summed E-state index contributed by atoms with van der Waals surface area (Å²) in [6.45, 7) is 5.73. The number of aromatic nitrogens is 1. The second-order valence-electron chi connectivity index (χ2n) is 7.25. The van der Waals surface area contributed by atoms with Crippen LogP contribution in [0.25, 0.3) is 5.70 Å². The van der Waals surface area contributed by atoms with E-state index in [1.54, 1.807) is 69.5 Å². The van der Waals surface area contributed by atoms with Crippen molar-refractivity contribution in [2.45, 2.75) is 32.8 Å². The quantitative estimate of drug-likeness (QED) is 0.266. The van der Waals surface area contributed by atoms with Crippen molar-refractivity contribution in [1.82, 2.24) is 4.57 Å². The number of methoxy groups -OCH3 is 1. The summed E-state index contributed by atoms with van der Waals surface area (Å²) < 4.78 is 30.5. The molecule has 1 heterocycles. The molecule has 0 atom stereocenters. The van der Waals surface area contributed by atoms with Crippen LogP contribution in [0.5, 0.6) is 5.75 Å². The summed E-state index contributed by atoms with van der Waals surface area (Å²) in [4.78, 5) is 12.5. The van der Waals surface area contributed by atoms with E-state index in [-0.39, 0.29) is 18.0 Å². The average molecular weight is 446 g/mol. The van der Waals surface area contributed by atoms with Crippen molar-refractivity contribution in [3.05, 3.63) is 95.6 Å². The fourth-order valence-corrected chi connectivity index (χ4v) is 2.26. The molecule has 0 aromatic carbocycles. The molecule has 1 aromatic rings. The molecule has 1 aromatic heterocycles. The van der Waals surface area contributed by atoms with E-state index in [0.717, 1.165) is 0 Å². The van der Waals surface area contributed by atoms with E-state index in [0.29, 0.717) is 24.5 Å². The van der Waals surface area contributed by atoms with Gasteiger partial charge in [0.05, 0.1) is 37.5 Å². The normalized spacial score (nSPS) is 13.7. The molecule has 0 aliphatic rings. The van der Waals surface area contributed by atoms with Gasteiger partial charge in [0.15, 0.2) is 0 Å². The van der Waals surface area contributed by atoms with Crippen LogP contribution in [0.3, 0.4) is 0 Å². The molecule has 0 unspecified atom stereocenters. The molecule has 0 radical (unpaired) electrons. The molecule has 0 amide bonds. The number of pyridine rings is 1. The summed E-state index contributed by atoms with van der Waals surface area (Å²) in [6.07, 6.45) is 17.5. The summed E-state index contributed by atoms with van der Waals surface area (Å²) in [7, 11) is 1.51. The monoisotopic (exact) mass is 445 g/mol. The number of hydrogen-bond acceptors (Lipinski definition) is 5. The maximum Gasteiger partial charge on any atom is 0.258 e. The van der Waals surface area contributed by atoms with Gasteiger partial charge in [-0.05, 0) is 63.3 Å². The molecular weight excluding hydrogens is 413 g/mol. The van der Waals surface area contributed by atoms with Crippen LogP contribution in [0.4, 0.5) is 4.39 Å². The van der Waals surface area contributed by atoms with Crippen molar-refractivity contribution in [1.29, 1.82) is 0 Å². The second-order valence-corrected chi connectivity index (χ2v) is 7.25. The van der Waals surface area contributed by atoms with Crippen LogP contribution in [-0.4, -0.2) is 35.6 Å². The van der Waals surface area contributed by atoms with Gasteiger partial charge >= 0.3 is 0 Å². The van der Waals surface area contributed by atoms with Gasteiger partial charge in [-0.2, -0.15) is 0 Å². The third-order valence-corrected chi connectivity index (χ3v) is 3.88. The molecule has 7 heteroatoms. The van der Waals surface area contributed by atoms with Gasteiger partial charge in [0.1, 0.15) is 18.2 Å². The maximum absolute atomic E-state index is 13.2. The second kappa shape index (κ2) is 14.6.